The standard InChI is InChI=1S/C17H16N4O7/c22-16(19-14(17(23)24)8-11-4-2-1-3-5-11)10-18-13-7-6-12(20(25)26)9-15(13)21(27)28/h1-7,9,14,18H,8,10H2,(H,19,22)(H,23,24)/t14-/m0/s1. The number of carboxylic acids is 1. The van der Waals surface area contributed by atoms with Crippen LogP contribution in [0.4, 0.5) is 17.1 Å². The van der Waals surface area contributed by atoms with Gasteiger partial charge in [-0.3, -0.25) is 25.0 Å². The second kappa shape index (κ2) is 9.07. The van der Waals surface area contributed by atoms with Crippen LogP contribution >= 0.6 is 0 Å². The molecule has 0 saturated carbocycles. The number of nitro groups is 2. The first-order valence-electron chi connectivity index (χ1n) is 8.00. The lowest BCUT2D eigenvalue weighted by Gasteiger charge is -2.15. The minimum atomic E-state index is -1.22. The first kappa shape index (κ1) is 20.3. The summed E-state index contributed by atoms with van der Waals surface area (Å²) in [6.07, 6.45) is 0.0690. The van der Waals surface area contributed by atoms with Crippen LogP contribution in [-0.4, -0.2) is 39.4 Å². The summed E-state index contributed by atoms with van der Waals surface area (Å²) in [5.41, 5.74) is -0.411. The average molecular weight is 388 g/mol. The zero-order valence-corrected chi connectivity index (χ0v) is 14.4. The fraction of sp³-hybridized carbons (Fsp3) is 0.176. The van der Waals surface area contributed by atoms with Gasteiger partial charge in [-0.2, -0.15) is 0 Å². The number of amides is 1. The van der Waals surface area contributed by atoms with E-state index in [4.69, 9.17) is 0 Å². The molecule has 11 nitrogen and oxygen atoms in total. The molecule has 0 saturated heterocycles. The Morgan fingerprint density at radius 1 is 1.04 bits per heavy atom. The summed E-state index contributed by atoms with van der Waals surface area (Å²) >= 11 is 0. The Bertz CT molecular complexity index is 902. The van der Waals surface area contributed by atoms with E-state index in [2.05, 4.69) is 10.6 Å². The van der Waals surface area contributed by atoms with Gasteiger partial charge in [0.15, 0.2) is 0 Å². The number of nitro benzene ring substituents is 2. The van der Waals surface area contributed by atoms with Crippen LogP contribution in [-0.2, 0) is 16.0 Å². The number of rotatable bonds is 9. The van der Waals surface area contributed by atoms with Gasteiger partial charge in [0.1, 0.15) is 11.7 Å². The second-order valence-corrected chi connectivity index (χ2v) is 5.72. The highest BCUT2D eigenvalue weighted by atomic mass is 16.6. The number of carbonyl (C=O) groups is 2. The van der Waals surface area contributed by atoms with Crippen molar-refractivity contribution in [2.75, 3.05) is 11.9 Å². The molecule has 2 aromatic carbocycles. The van der Waals surface area contributed by atoms with Gasteiger partial charge >= 0.3 is 5.97 Å². The maximum absolute atomic E-state index is 12.1. The Morgan fingerprint density at radius 2 is 1.71 bits per heavy atom. The second-order valence-electron chi connectivity index (χ2n) is 5.72. The molecule has 2 aromatic rings. The number of non-ortho nitro benzene ring substituents is 1. The Labute approximate surface area is 158 Å². The summed E-state index contributed by atoms with van der Waals surface area (Å²) in [5, 5.41) is 35.9. The third kappa shape index (κ3) is 5.49. The number of hydrogen-bond acceptors (Lipinski definition) is 7. The molecule has 3 N–H and O–H groups in total. The highest BCUT2D eigenvalue weighted by Crippen LogP contribution is 2.28. The van der Waals surface area contributed by atoms with Crippen molar-refractivity contribution in [3.05, 3.63) is 74.3 Å². The third-order valence-electron chi connectivity index (χ3n) is 3.74. The van der Waals surface area contributed by atoms with Crippen molar-refractivity contribution >= 4 is 28.9 Å². The molecule has 0 aromatic heterocycles. The lowest BCUT2D eigenvalue weighted by atomic mass is 10.1. The number of anilines is 1. The fourth-order valence-corrected chi connectivity index (χ4v) is 2.40. The van der Waals surface area contributed by atoms with Crippen LogP contribution in [0, 0.1) is 20.2 Å². The first-order valence-corrected chi connectivity index (χ1v) is 8.00. The lowest BCUT2D eigenvalue weighted by molar-refractivity contribution is -0.393. The van der Waals surface area contributed by atoms with Gasteiger partial charge in [0.2, 0.25) is 5.91 Å². The van der Waals surface area contributed by atoms with Gasteiger partial charge in [-0.05, 0) is 11.6 Å². The molecular formula is C17H16N4O7. The van der Waals surface area contributed by atoms with E-state index >= 15 is 0 Å². The molecular weight excluding hydrogens is 372 g/mol. The molecule has 0 aliphatic heterocycles. The number of nitrogens with zero attached hydrogens (tertiary/aromatic N) is 2. The van der Waals surface area contributed by atoms with E-state index in [1.165, 1.54) is 0 Å². The van der Waals surface area contributed by atoms with E-state index in [-0.39, 0.29) is 12.1 Å². The summed E-state index contributed by atoms with van der Waals surface area (Å²) in [6.45, 7) is -0.447. The zero-order valence-electron chi connectivity index (χ0n) is 14.4. The van der Waals surface area contributed by atoms with Crippen molar-refractivity contribution in [3.63, 3.8) is 0 Å². The Balaban J connectivity index is 2.03. The third-order valence-corrected chi connectivity index (χ3v) is 3.74. The molecule has 0 bridgehead atoms. The van der Waals surface area contributed by atoms with Crippen LogP contribution in [0.15, 0.2) is 48.5 Å². The van der Waals surface area contributed by atoms with Crippen molar-refractivity contribution in [1.29, 1.82) is 0 Å². The molecule has 28 heavy (non-hydrogen) atoms. The van der Waals surface area contributed by atoms with Gasteiger partial charge in [0.25, 0.3) is 11.4 Å². The molecule has 0 unspecified atom stereocenters. The molecule has 146 valence electrons. The van der Waals surface area contributed by atoms with Crippen LogP contribution in [0.5, 0.6) is 0 Å². The molecule has 0 aliphatic carbocycles. The molecule has 11 heteroatoms. The predicted octanol–water partition coefficient (Wildman–Crippen LogP) is 1.73. The van der Waals surface area contributed by atoms with Crippen LogP contribution in [0.1, 0.15) is 5.56 Å². The largest absolute Gasteiger partial charge is 0.480 e. The van der Waals surface area contributed by atoms with E-state index < -0.39 is 45.7 Å². The monoisotopic (exact) mass is 388 g/mol. The van der Waals surface area contributed by atoms with E-state index in [9.17, 15) is 34.9 Å². The smallest absolute Gasteiger partial charge is 0.326 e. The highest BCUT2D eigenvalue weighted by Gasteiger charge is 2.22. The van der Waals surface area contributed by atoms with E-state index in [0.29, 0.717) is 5.56 Å². The number of nitrogens with one attached hydrogen (secondary N) is 2. The molecule has 0 spiro atoms. The van der Waals surface area contributed by atoms with E-state index in [0.717, 1.165) is 18.2 Å². The van der Waals surface area contributed by atoms with Gasteiger partial charge in [-0.25, -0.2) is 4.79 Å². The Kier molecular flexibility index (Phi) is 6.58. The lowest BCUT2D eigenvalue weighted by Crippen LogP contribution is -2.44. The van der Waals surface area contributed by atoms with Crippen molar-refractivity contribution < 1.29 is 24.5 Å². The van der Waals surface area contributed by atoms with Gasteiger partial charge in [-0.15, -0.1) is 0 Å². The summed E-state index contributed by atoms with van der Waals surface area (Å²) in [6, 6.07) is 10.5. The minimum Gasteiger partial charge on any atom is -0.480 e. The Morgan fingerprint density at radius 3 is 2.29 bits per heavy atom. The predicted molar refractivity (Wildman–Crippen MR) is 98.0 cm³/mol. The van der Waals surface area contributed by atoms with Crippen LogP contribution in [0.25, 0.3) is 0 Å². The average Bonchev–Trinajstić information content (AvgIpc) is 2.66. The normalized spacial score (nSPS) is 11.3. The van der Waals surface area contributed by atoms with Gasteiger partial charge in [0, 0.05) is 12.5 Å². The Hall–Kier alpha value is -4.02. The minimum absolute atomic E-state index is 0.0690. The van der Waals surface area contributed by atoms with E-state index in [1.54, 1.807) is 30.3 Å². The number of carbonyl (C=O) groups excluding carboxylic acids is 1. The number of benzene rings is 2. The maximum Gasteiger partial charge on any atom is 0.326 e. The fourth-order valence-electron chi connectivity index (χ4n) is 2.40. The van der Waals surface area contributed by atoms with Crippen molar-refractivity contribution in [1.82, 2.24) is 5.32 Å². The molecule has 0 aliphatic rings. The molecule has 0 radical (unpaired) electrons. The van der Waals surface area contributed by atoms with Gasteiger partial charge in [-0.1, -0.05) is 30.3 Å². The summed E-state index contributed by atoms with van der Waals surface area (Å²) in [5.74, 6) is -1.92. The SMILES string of the molecule is O=C(CNc1ccc([N+](=O)[O-])cc1[N+](=O)[O-])N[C@@H](Cc1ccccc1)C(=O)O. The number of carboxylic acid groups (broad SMARTS) is 1. The van der Waals surface area contributed by atoms with Crippen LogP contribution < -0.4 is 10.6 Å². The number of hydrogen-bond donors (Lipinski definition) is 3. The molecule has 1 amide bonds. The van der Waals surface area contributed by atoms with E-state index in [1.807, 2.05) is 0 Å². The molecule has 0 heterocycles. The summed E-state index contributed by atoms with van der Waals surface area (Å²) in [4.78, 5) is 43.7. The van der Waals surface area contributed by atoms with Crippen molar-refractivity contribution in [2.45, 2.75) is 12.5 Å². The van der Waals surface area contributed by atoms with Gasteiger partial charge < -0.3 is 15.7 Å². The zero-order chi connectivity index (χ0) is 20.7. The van der Waals surface area contributed by atoms with Crippen LogP contribution in [0.3, 0.4) is 0 Å². The topological polar surface area (TPSA) is 165 Å². The van der Waals surface area contributed by atoms with Crippen molar-refractivity contribution in [3.8, 4) is 0 Å². The molecule has 1 atom stereocenters. The quantitative estimate of drug-likeness (QED) is 0.431. The van der Waals surface area contributed by atoms with Gasteiger partial charge in [0.05, 0.1) is 22.5 Å². The molecule has 2 rings (SSSR count). The first-order chi connectivity index (χ1) is 13.3. The van der Waals surface area contributed by atoms with Crippen molar-refractivity contribution in [2.24, 2.45) is 0 Å². The summed E-state index contributed by atoms with van der Waals surface area (Å²) < 4.78 is 0. The number of aliphatic carboxylic acids is 1. The summed E-state index contributed by atoms with van der Waals surface area (Å²) in [7, 11) is 0. The molecule has 0 fully saturated rings. The highest BCUT2D eigenvalue weighted by molar-refractivity contribution is 5.86. The maximum atomic E-state index is 12.1. The van der Waals surface area contributed by atoms with Crippen LogP contribution in [0.2, 0.25) is 0 Å².